The number of carbonyl (C=O) groups excluding carboxylic acids is 3. The van der Waals surface area contributed by atoms with Gasteiger partial charge in [0, 0.05) is 16.6 Å². The summed E-state index contributed by atoms with van der Waals surface area (Å²) in [7, 11) is 0. The van der Waals surface area contributed by atoms with Crippen LogP contribution in [-0.4, -0.2) is 36.3 Å². The molecule has 0 radical (unpaired) electrons. The Hall–Kier alpha value is -2.08. The second-order valence-electron chi connectivity index (χ2n) is 6.72. The number of hydrogen-bond acceptors (Lipinski definition) is 3. The zero-order valence-corrected chi connectivity index (χ0v) is 15.2. The maximum Gasteiger partial charge on any atom is 0.251 e. The molecule has 0 spiro atoms. The van der Waals surface area contributed by atoms with Crippen molar-refractivity contribution in [2.75, 3.05) is 6.54 Å². The second kappa shape index (κ2) is 8.85. The van der Waals surface area contributed by atoms with Crippen LogP contribution in [0.15, 0.2) is 24.3 Å². The Kier molecular flexibility index (Phi) is 6.82. The van der Waals surface area contributed by atoms with E-state index in [4.69, 9.17) is 11.6 Å². The number of halogens is 1. The first-order valence-electron chi connectivity index (χ1n) is 8.48. The minimum Gasteiger partial charge on any atom is -0.352 e. The molecule has 0 heterocycles. The van der Waals surface area contributed by atoms with Crippen LogP contribution in [0.4, 0.5) is 0 Å². The zero-order chi connectivity index (χ0) is 18.4. The van der Waals surface area contributed by atoms with Gasteiger partial charge in [0.15, 0.2) is 0 Å². The first-order valence-corrected chi connectivity index (χ1v) is 8.86. The Morgan fingerprint density at radius 1 is 1.16 bits per heavy atom. The van der Waals surface area contributed by atoms with Crippen LogP contribution in [0.3, 0.4) is 0 Å². The molecule has 0 saturated heterocycles. The molecule has 0 aromatic heterocycles. The molecule has 136 valence electrons. The number of rotatable bonds is 8. The number of amides is 3. The zero-order valence-electron chi connectivity index (χ0n) is 14.5. The maximum atomic E-state index is 12.4. The molecule has 1 aromatic carbocycles. The molecule has 0 aliphatic heterocycles. The van der Waals surface area contributed by atoms with Gasteiger partial charge in [0.2, 0.25) is 11.8 Å². The van der Waals surface area contributed by atoms with E-state index in [2.05, 4.69) is 16.0 Å². The number of carbonyl (C=O) groups is 3. The molecule has 1 aliphatic carbocycles. The fourth-order valence-electron chi connectivity index (χ4n) is 2.34. The summed E-state index contributed by atoms with van der Waals surface area (Å²) in [5.74, 6) is -0.702. The number of benzene rings is 1. The van der Waals surface area contributed by atoms with Crippen LogP contribution in [0.5, 0.6) is 0 Å². The van der Waals surface area contributed by atoms with E-state index in [9.17, 15) is 14.4 Å². The molecule has 3 amide bonds. The minimum absolute atomic E-state index is 0.0826. The van der Waals surface area contributed by atoms with E-state index in [1.807, 2.05) is 13.8 Å². The Bertz CT molecular complexity index is 627. The molecule has 1 atom stereocenters. The van der Waals surface area contributed by atoms with E-state index in [-0.39, 0.29) is 36.2 Å². The third-order valence-electron chi connectivity index (χ3n) is 3.80. The lowest BCUT2D eigenvalue weighted by atomic mass is 10.0. The molecule has 1 aromatic rings. The predicted octanol–water partition coefficient (Wildman–Crippen LogP) is 1.88. The van der Waals surface area contributed by atoms with E-state index in [0.717, 1.165) is 12.8 Å². The van der Waals surface area contributed by atoms with Gasteiger partial charge in [-0.15, -0.1) is 0 Å². The van der Waals surface area contributed by atoms with E-state index >= 15 is 0 Å². The van der Waals surface area contributed by atoms with E-state index in [1.165, 1.54) is 0 Å². The van der Waals surface area contributed by atoms with Crippen LogP contribution in [-0.2, 0) is 9.59 Å². The van der Waals surface area contributed by atoms with Crippen molar-refractivity contribution in [3.8, 4) is 0 Å². The minimum atomic E-state index is -0.697. The highest BCUT2D eigenvalue weighted by atomic mass is 35.5. The summed E-state index contributed by atoms with van der Waals surface area (Å²) in [5, 5.41) is 8.68. The van der Waals surface area contributed by atoms with Crippen molar-refractivity contribution in [1.82, 2.24) is 16.0 Å². The predicted molar refractivity (Wildman–Crippen MR) is 96.3 cm³/mol. The summed E-state index contributed by atoms with van der Waals surface area (Å²) < 4.78 is 0. The van der Waals surface area contributed by atoms with E-state index in [1.54, 1.807) is 24.3 Å². The smallest absolute Gasteiger partial charge is 0.251 e. The van der Waals surface area contributed by atoms with Crippen LogP contribution >= 0.6 is 11.6 Å². The molecule has 0 bridgehead atoms. The molecule has 1 aliphatic rings. The van der Waals surface area contributed by atoms with Crippen LogP contribution in [0, 0.1) is 5.92 Å². The molecule has 7 heteroatoms. The first kappa shape index (κ1) is 19.2. The lowest BCUT2D eigenvalue weighted by Crippen LogP contribution is -2.49. The summed E-state index contributed by atoms with van der Waals surface area (Å²) in [5.41, 5.74) is 0.428. The van der Waals surface area contributed by atoms with Gasteiger partial charge in [0.1, 0.15) is 6.04 Å². The van der Waals surface area contributed by atoms with Gasteiger partial charge in [0.25, 0.3) is 5.91 Å². The largest absolute Gasteiger partial charge is 0.352 e. The molecule has 6 nitrogen and oxygen atoms in total. The summed E-state index contributed by atoms with van der Waals surface area (Å²) >= 11 is 5.82. The Balaban J connectivity index is 1.91. The fourth-order valence-corrected chi connectivity index (χ4v) is 2.47. The van der Waals surface area contributed by atoms with Crippen molar-refractivity contribution < 1.29 is 14.4 Å². The van der Waals surface area contributed by atoms with Crippen molar-refractivity contribution in [1.29, 1.82) is 0 Å². The lowest BCUT2D eigenvalue weighted by Gasteiger charge is -2.20. The summed E-state index contributed by atoms with van der Waals surface area (Å²) in [6.45, 7) is 3.85. The van der Waals surface area contributed by atoms with Gasteiger partial charge < -0.3 is 16.0 Å². The second-order valence-corrected chi connectivity index (χ2v) is 7.16. The standard InChI is InChI=1S/C18H24ClN3O3/c1-11(2)9-15(18(25)20-10-16(23)21-14-7-8-14)22-17(24)12-3-5-13(19)6-4-12/h3-6,11,14-15H,7-10H2,1-2H3,(H,20,25)(H,21,23)(H,22,24)/t15-/m1/s1. The molecule has 3 N–H and O–H groups in total. The highest BCUT2D eigenvalue weighted by Gasteiger charge is 2.25. The van der Waals surface area contributed by atoms with Crippen molar-refractivity contribution in [3.63, 3.8) is 0 Å². The third kappa shape index (κ3) is 6.74. The SMILES string of the molecule is CC(C)C[C@@H](NC(=O)c1ccc(Cl)cc1)C(=O)NCC(=O)NC1CC1. The van der Waals surface area contributed by atoms with Gasteiger partial charge in [0.05, 0.1) is 6.54 Å². The topological polar surface area (TPSA) is 87.3 Å². The van der Waals surface area contributed by atoms with Crippen molar-refractivity contribution in [2.45, 2.75) is 45.2 Å². The van der Waals surface area contributed by atoms with E-state index < -0.39 is 6.04 Å². The molecule has 1 fully saturated rings. The van der Waals surface area contributed by atoms with Crippen LogP contribution in [0.1, 0.15) is 43.5 Å². The maximum absolute atomic E-state index is 12.4. The van der Waals surface area contributed by atoms with Crippen LogP contribution in [0.2, 0.25) is 5.02 Å². The molecule has 2 rings (SSSR count). The Morgan fingerprint density at radius 2 is 1.80 bits per heavy atom. The van der Waals surface area contributed by atoms with Gasteiger partial charge in [-0.05, 0) is 49.4 Å². The highest BCUT2D eigenvalue weighted by molar-refractivity contribution is 6.30. The van der Waals surface area contributed by atoms with E-state index in [0.29, 0.717) is 17.0 Å². The normalized spacial score (nSPS) is 14.7. The average Bonchev–Trinajstić information content (AvgIpc) is 3.36. The molecule has 1 saturated carbocycles. The average molecular weight is 366 g/mol. The van der Waals surface area contributed by atoms with Gasteiger partial charge in [-0.3, -0.25) is 14.4 Å². The lowest BCUT2D eigenvalue weighted by molar-refractivity contribution is -0.127. The van der Waals surface area contributed by atoms with Gasteiger partial charge in [-0.2, -0.15) is 0 Å². The molecule has 0 unspecified atom stereocenters. The Morgan fingerprint density at radius 3 is 2.36 bits per heavy atom. The quantitative estimate of drug-likeness (QED) is 0.657. The summed E-state index contributed by atoms with van der Waals surface area (Å²) in [6, 6.07) is 6.00. The number of nitrogens with one attached hydrogen (secondary N) is 3. The molecular weight excluding hydrogens is 342 g/mol. The summed E-state index contributed by atoms with van der Waals surface area (Å²) in [6.07, 6.45) is 2.47. The Labute approximate surface area is 152 Å². The summed E-state index contributed by atoms with van der Waals surface area (Å²) in [4.78, 5) is 36.4. The fraction of sp³-hybridized carbons (Fsp3) is 0.500. The van der Waals surface area contributed by atoms with Crippen molar-refractivity contribution in [2.24, 2.45) is 5.92 Å². The molecular formula is C18H24ClN3O3. The van der Waals surface area contributed by atoms with Crippen molar-refractivity contribution in [3.05, 3.63) is 34.9 Å². The van der Waals surface area contributed by atoms with Crippen LogP contribution < -0.4 is 16.0 Å². The van der Waals surface area contributed by atoms with Gasteiger partial charge in [-0.25, -0.2) is 0 Å². The van der Waals surface area contributed by atoms with Gasteiger partial charge >= 0.3 is 0 Å². The van der Waals surface area contributed by atoms with Crippen molar-refractivity contribution >= 4 is 29.3 Å². The highest BCUT2D eigenvalue weighted by Crippen LogP contribution is 2.18. The molecule has 25 heavy (non-hydrogen) atoms. The number of hydrogen-bond donors (Lipinski definition) is 3. The van der Waals surface area contributed by atoms with Gasteiger partial charge in [-0.1, -0.05) is 25.4 Å². The van der Waals surface area contributed by atoms with Crippen LogP contribution in [0.25, 0.3) is 0 Å². The monoisotopic (exact) mass is 365 g/mol. The third-order valence-corrected chi connectivity index (χ3v) is 4.05. The first-order chi connectivity index (χ1) is 11.8.